The molecule has 6 heteroatoms. The number of carbonyl (C=O) groups excluding carboxylic acids is 2. The molecule has 0 aliphatic heterocycles. The predicted octanol–water partition coefficient (Wildman–Crippen LogP) is 1.20. The average molecular weight is 324 g/mol. The van der Waals surface area contributed by atoms with Crippen LogP contribution >= 0.6 is 0 Å². The predicted molar refractivity (Wildman–Crippen MR) is 94.8 cm³/mol. The molecule has 24 heavy (non-hydrogen) atoms. The molecule has 2 aromatic rings. The van der Waals surface area contributed by atoms with E-state index in [1.807, 2.05) is 0 Å². The molecule has 2 aromatic carbocycles. The molecule has 0 aromatic heterocycles. The number of anilines is 2. The van der Waals surface area contributed by atoms with Crippen LogP contribution in [0.5, 0.6) is 0 Å². The Labute approximate surface area is 140 Å². The van der Waals surface area contributed by atoms with Crippen molar-refractivity contribution in [2.24, 2.45) is 11.5 Å². The molecular weight excluding hydrogens is 304 g/mol. The topological polar surface area (TPSA) is 110 Å². The molecule has 6 nitrogen and oxygen atoms in total. The van der Waals surface area contributed by atoms with E-state index in [0.29, 0.717) is 59.8 Å². The monoisotopic (exact) mass is 324 g/mol. The maximum Gasteiger partial charge on any atom is 0.196 e. The maximum absolute atomic E-state index is 13.0. The largest absolute Gasteiger partial charge is 0.383 e. The first-order valence-corrected chi connectivity index (χ1v) is 7.92. The average Bonchev–Trinajstić information content (AvgIpc) is 2.62. The standard InChI is InChI=1S/C18H20N4O2/c19-7-9-21-13-5-6-14(22-10-8-20)16-15(13)17(23)11-3-1-2-4-12(11)18(16)24/h1-6,21-22H,7-10,19-20H2. The fraction of sp³-hybridized carbons (Fsp3) is 0.222. The normalized spacial score (nSPS) is 12.6. The highest BCUT2D eigenvalue weighted by Crippen LogP contribution is 2.36. The van der Waals surface area contributed by atoms with Gasteiger partial charge >= 0.3 is 0 Å². The lowest BCUT2D eigenvalue weighted by Gasteiger charge is -2.23. The van der Waals surface area contributed by atoms with Gasteiger partial charge in [-0.25, -0.2) is 0 Å². The highest BCUT2D eigenvalue weighted by atomic mass is 16.1. The van der Waals surface area contributed by atoms with E-state index in [2.05, 4.69) is 10.6 Å². The van der Waals surface area contributed by atoms with Crippen molar-refractivity contribution in [1.82, 2.24) is 0 Å². The first kappa shape index (κ1) is 16.2. The summed E-state index contributed by atoms with van der Waals surface area (Å²) in [5.41, 5.74) is 14.0. The molecule has 1 aliphatic rings. The summed E-state index contributed by atoms with van der Waals surface area (Å²) in [7, 11) is 0. The van der Waals surface area contributed by atoms with E-state index in [1.165, 1.54) is 0 Å². The lowest BCUT2D eigenvalue weighted by molar-refractivity contribution is 0.0980. The van der Waals surface area contributed by atoms with Crippen molar-refractivity contribution in [3.8, 4) is 0 Å². The zero-order valence-electron chi connectivity index (χ0n) is 13.3. The molecule has 1 aliphatic carbocycles. The Bertz CT molecular complexity index is 736. The minimum atomic E-state index is -0.156. The third-order valence-electron chi connectivity index (χ3n) is 4.00. The molecule has 6 N–H and O–H groups in total. The summed E-state index contributed by atoms with van der Waals surface area (Å²) in [6.45, 7) is 1.90. The molecule has 0 saturated heterocycles. The van der Waals surface area contributed by atoms with Crippen LogP contribution in [0.3, 0.4) is 0 Å². The summed E-state index contributed by atoms with van der Waals surface area (Å²) in [6.07, 6.45) is 0. The van der Waals surface area contributed by atoms with E-state index in [4.69, 9.17) is 11.5 Å². The van der Waals surface area contributed by atoms with Crippen LogP contribution in [0.15, 0.2) is 36.4 Å². The molecule has 0 unspecified atom stereocenters. The van der Waals surface area contributed by atoms with Gasteiger partial charge in [-0.3, -0.25) is 9.59 Å². The summed E-state index contributed by atoms with van der Waals surface area (Å²) in [6, 6.07) is 10.5. The second kappa shape index (κ2) is 6.82. The van der Waals surface area contributed by atoms with E-state index in [1.54, 1.807) is 36.4 Å². The number of fused-ring (bicyclic) bond motifs is 2. The maximum atomic E-state index is 13.0. The molecular formula is C18H20N4O2. The molecule has 0 fully saturated rings. The van der Waals surface area contributed by atoms with Crippen LogP contribution in [0.4, 0.5) is 11.4 Å². The Morgan fingerprint density at radius 3 is 1.50 bits per heavy atom. The quantitative estimate of drug-likeness (QED) is 0.542. The Morgan fingerprint density at radius 2 is 1.12 bits per heavy atom. The van der Waals surface area contributed by atoms with Gasteiger partial charge < -0.3 is 22.1 Å². The molecule has 0 atom stereocenters. The van der Waals surface area contributed by atoms with Crippen LogP contribution in [-0.2, 0) is 0 Å². The van der Waals surface area contributed by atoms with Crippen molar-refractivity contribution in [3.63, 3.8) is 0 Å². The molecule has 0 spiro atoms. The second-order valence-corrected chi connectivity index (χ2v) is 5.55. The molecule has 0 heterocycles. The molecule has 124 valence electrons. The number of hydrogen-bond donors (Lipinski definition) is 4. The van der Waals surface area contributed by atoms with Gasteiger partial charge in [0.15, 0.2) is 11.6 Å². The van der Waals surface area contributed by atoms with Gasteiger partial charge in [-0.2, -0.15) is 0 Å². The number of rotatable bonds is 6. The Balaban J connectivity index is 2.18. The number of carbonyl (C=O) groups is 2. The zero-order valence-corrected chi connectivity index (χ0v) is 13.3. The zero-order chi connectivity index (χ0) is 17.1. The number of hydrogen-bond acceptors (Lipinski definition) is 6. The highest BCUT2D eigenvalue weighted by Gasteiger charge is 2.33. The van der Waals surface area contributed by atoms with Crippen molar-refractivity contribution < 1.29 is 9.59 Å². The fourth-order valence-electron chi connectivity index (χ4n) is 2.93. The first-order chi connectivity index (χ1) is 11.7. The van der Waals surface area contributed by atoms with Gasteiger partial charge in [0.1, 0.15) is 0 Å². The van der Waals surface area contributed by atoms with Crippen molar-refractivity contribution >= 4 is 22.9 Å². The molecule has 3 rings (SSSR count). The summed E-state index contributed by atoms with van der Waals surface area (Å²) < 4.78 is 0. The van der Waals surface area contributed by atoms with E-state index in [-0.39, 0.29) is 11.6 Å². The van der Waals surface area contributed by atoms with Crippen LogP contribution in [0.2, 0.25) is 0 Å². The van der Waals surface area contributed by atoms with Crippen molar-refractivity contribution in [3.05, 3.63) is 58.7 Å². The number of nitrogens with two attached hydrogens (primary N) is 2. The lowest BCUT2D eigenvalue weighted by Crippen LogP contribution is -2.26. The number of benzene rings is 2. The lowest BCUT2D eigenvalue weighted by atomic mass is 9.82. The third kappa shape index (κ3) is 2.66. The van der Waals surface area contributed by atoms with Gasteiger partial charge in [0, 0.05) is 48.7 Å². The van der Waals surface area contributed by atoms with Crippen LogP contribution < -0.4 is 22.1 Å². The fourth-order valence-corrected chi connectivity index (χ4v) is 2.93. The molecule has 0 amide bonds. The van der Waals surface area contributed by atoms with Gasteiger partial charge in [0.05, 0.1) is 11.1 Å². The number of ketones is 2. The van der Waals surface area contributed by atoms with Gasteiger partial charge in [-0.15, -0.1) is 0 Å². The Morgan fingerprint density at radius 1 is 0.708 bits per heavy atom. The van der Waals surface area contributed by atoms with Crippen molar-refractivity contribution in [1.29, 1.82) is 0 Å². The minimum Gasteiger partial charge on any atom is -0.383 e. The SMILES string of the molecule is NCCNc1ccc(NCCN)c2c1C(=O)c1ccccc1C2=O. The van der Waals surface area contributed by atoms with Crippen molar-refractivity contribution in [2.75, 3.05) is 36.8 Å². The first-order valence-electron chi connectivity index (χ1n) is 7.92. The smallest absolute Gasteiger partial charge is 0.196 e. The van der Waals surface area contributed by atoms with E-state index < -0.39 is 0 Å². The third-order valence-corrected chi connectivity index (χ3v) is 4.00. The van der Waals surface area contributed by atoms with Crippen LogP contribution in [-0.4, -0.2) is 37.7 Å². The summed E-state index contributed by atoms with van der Waals surface area (Å²) >= 11 is 0. The Kier molecular flexibility index (Phi) is 4.59. The summed E-state index contributed by atoms with van der Waals surface area (Å²) in [5, 5.41) is 6.27. The van der Waals surface area contributed by atoms with Crippen LogP contribution in [0, 0.1) is 0 Å². The second-order valence-electron chi connectivity index (χ2n) is 5.55. The molecule has 0 saturated carbocycles. The van der Waals surface area contributed by atoms with Gasteiger partial charge in [-0.05, 0) is 12.1 Å². The van der Waals surface area contributed by atoms with Crippen molar-refractivity contribution in [2.45, 2.75) is 0 Å². The van der Waals surface area contributed by atoms with Gasteiger partial charge in [0.2, 0.25) is 0 Å². The number of nitrogens with one attached hydrogen (secondary N) is 2. The molecule has 0 bridgehead atoms. The van der Waals surface area contributed by atoms with E-state index in [0.717, 1.165) is 0 Å². The van der Waals surface area contributed by atoms with Crippen LogP contribution in [0.1, 0.15) is 31.8 Å². The Hall–Kier alpha value is -2.70. The van der Waals surface area contributed by atoms with Gasteiger partial charge in [0.25, 0.3) is 0 Å². The highest BCUT2D eigenvalue weighted by molar-refractivity contribution is 6.31. The van der Waals surface area contributed by atoms with E-state index in [9.17, 15) is 9.59 Å². The summed E-state index contributed by atoms with van der Waals surface area (Å²) in [4.78, 5) is 26.0. The minimum absolute atomic E-state index is 0.156. The summed E-state index contributed by atoms with van der Waals surface area (Å²) in [5.74, 6) is -0.313. The van der Waals surface area contributed by atoms with Gasteiger partial charge in [-0.1, -0.05) is 24.3 Å². The molecule has 0 radical (unpaired) electrons. The van der Waals surface area contributed by atoms with E-state index >= 15 is 0 Å². The van der Waals surface area contributed by atoms with Crippen LogP contribution in [0.25, 0.3) is 0 Å².